The summed E-state index contributed by atoms with van der Waals surface area (Å²) in [6.45, 7) is 4.35. The van der Waals surface area contributed by atoms with Gasteiger partial charge in [0, 0.05) is 6.54 Å². The molecule has 0 saturated heterocycles. The molecule has 0 bridgehead atoms. The minimum absolute atomic E-state index is 0.0263. The first-order valence-corrected chi connectivity index (χ1v) is 5.80. The second-order valence-electron chi connectivity index (χ2n) is 3.96. The van der Waals surface area contributed by atoms with E-state index in [9.17, 15) is 4.79 Å². The second kappa shape index (κ2) is 5.31. The van der Waals surface area contributed by atoms with Crippen molar-refractivity contribution in [2.75, 3.05) is 6.54 Å². The molecule has 1 N–H and O–H groups in total. The Labute approximate surface area is 99.2 Å². The Morgan fingerprint density at radius 1 is 1.33 bits per heavy atom. The van der Waals surface area contributed by atoms with Crippen molar-refractivity contribution >= 4 is 21.8 Å². The minimum Gasteiger partial charge on any atom is -0.355 e. The molecule has 0 aliphatic heterocycles. The highest BCUT2D eigenvalue weighted by molar-refractivity contribution is 9.10. The Morgan fingerprint density at radius 3 is 2.47 bits per heavy atom. The quantitative estimate of drug-likeness (QED) is 0.837. The molecule has 1 aromatic rings. The van der Waals surface area contributed by atoms with Crippen LogP contribution in [-0.4, -0.2) is 16.8 Å². The molecular formula is C12H16BrNO. The van der Waals surface area contributed by atoms with Crippen molar-refractivity contribution in [3.63, 3.8) is 0 Å². The van der Waals surface area contributed by atoms with E-state index in [0.717, 1.165) is 6.42 Å². The van der Waals surface area contributed by atoms with Crippen molar-refractivity contribution in [1.82, 2.24) is 5.32 Å². The van der Waals surface area contributed by atoms with Gasteiger partial charge in [-0.15, -0.1) is 0 Å². The molecule has 0 heterocycles. The van der Waals surface area contributed by atoms with E-state index in [1.807, 2.05) is 32.0 Å². The van der Waals surface area contributed by atoms with E-state index in [2.05, 4.69) is 33.4 Å². The lowest BCUT2D eigenvalue weighted by molar-refractivity contribution is -0.122. The monoisotopic (exact) mass is 269 g/mol. The molecule has 0 fully saturated rings. The maximum absolute atomic E-state index is 11.5. The second-order valence-corrected chi connectivity index (χ2v) is 5.95. The molecular weight excluding hydrogens is 254 g/mol. The molecule has 0 unspecified atom stereocenters. The molecule has 1 amide bonds. The Balaban J connectivity index is 2.32. The van der Waals surface area contributed by atoms with Gasteiger partial charge in [-0.2, -0.15) is 0 Å². The molecule has 0 atom stereocenters. The fraction of sp³-hybridized carbons (Fsp3) is 0.417. The van der Waals surface area contributed by atoms with Gasteiger partial charge in [0.15, 0.2) is 0 Å². The molecule has 0 radical (unpaired) electrons. The summed E-state index contributed by atoms with van der Waals surface area (Å²) in [6, 6.07) is 10.1. The maximum Gasteiger partial charge on any atom is 0.236 e. The van der Waals surface area contributed by atoms with Gasteiger partial charge in [0.05, 0.1) is 4.32 Å². The summed E-state index contributed by atoms with van der Waals surface area (Å²) in [4.78, 5) is 11.5. The number of carbonyl (C=O) groups excluding carboxylic acids is 1. The number of carbonyl (C=O) groups is 1. The third kappa shape index (κ3) is 4.47. The predicted molar refractivity (Wildman–Crippen MR) is 66.2 cm³/mol. The van der Waals surface area contributed by atoms with Crippen LogP contribution in [0.5, 0.6) is 0 Å². The van der Waals surface area contributed by atoms with E-state index in [4.69, 9.17) is 0 Å². The van der Waals surface area contributed by atoms with Crippen LogP contribution in [-0.2, 0) is 11.2 Å². The molecule has 0 aliphatic carbocycles. The molecule has 1 aromatic carbocycles. The zero-order valence-corrected chi connectivity index (χ0v) is 10.7. The SMILES string of the molecule is CC(C)(Br)C(=O)NCCc1ccccc1. The van der Waals surface area contributed by atoms with Crippen molar-refractivity contribution in [2.24, 2.45) is 0 Å². The number of hydrogen-bond acceptors (Lipinski definition) is 1. The first-order chi connectivity index (χ1) is 7.00. The number of hydrogen-bond donors (Lipinski definition) is 1. The first-order valence-electron chi connectivity index (χ1n) is 5.01. The van der Waals surface area contributed by atoms with Gasteiger partial charge in [-0.05, 0) is 25.8 Å². The van der Waals surface area contributed by atoms with Crippen LogP contribution in [0.2, 0.25) is 0 Å². The van der Waals surface area contributed by atoms with Crippen LogP contribution in [0.25, 0.3) is 0 Å². The van der Waals surface area contributed by atoms with Crippen LogP contribution in [0.4, 0.5) is 0 Å². The van der Waals surface area contributed by atoms with Crippen molar-refractivity contribution in [3.05, 3.63) is 35.9 Å². The van der Waals surface area contributed by atoms with E-state index in [1.165, 1.54) is 5.56 Å². The van der Waals surface area contributed by atoms with Gasteiger partial charge in [0.1, 0.15) is 0 Å². The molecule has 15 heavy (non-hydrogen) atoms. The van der Waals surface area contributed by atoms with Crippen LogP contribution >= 0.6 is 15.9 Å². The largest absolute Gasteiger partial charge is 0.355 e. The van der Waals surface area contributed by atoms with Gasteiger partial charge in [-0.1, -0.05) is 46.3 Å². The lowest BCUT2D eigenvalue weighted by Crippen LogP contribution is -2.38. The summed E-state index contributed by atoms with van der Waals surface area (Å²) in [7, 11) is 0. The molecule has 0 aromatic heterocycles. The maximum atomic E-state index is 11.5. The summed E-state index contributed by atoms with van der Waals surface area (Å²) in [5.74, 6) is 0.0263. The number of rotatable bonds is 4. The summed E-state index contributed by atoms with van der Waals surface area (Å²) >= 11 is 3.32. The van der Waals surface area contributed by atoms with Crippen LogP contribution < -0.4 is 5.32 Å². The van der Waals surface area contributed by atoms with Gasteiger partial charge in [0.25, 0.3) is 0 Å². The molecule has 1 rings (SSSR count). The number of alkyl halides is 1. The van der Waals surface area contributed by atoms with Crippen LogP contribution in [0.15, 0.2) is 30.3 Å². The van der Waals surface area contributed by atoms with E-state index >= 15 is 0 Å². The summed E-state index contributed by atoms with van der Waals surface area (Å²) in [5, 5.41) is 2.89. The van der Waals surface area contributed by atoms with Gasteiger partial charge in [-0.3, -0.25) is 4.79 Å². The smallest absolute Gasteiger partial charge is 0.236 e. The van der Waals surface area contributed by atoms with Gasteiger partial charge in [0.2, 0.25) is 5.91 Å². The van der Waals surface area contributed by atoms with Crippen molar-refractivity contribution in [1.29, 1.82) is 0 Å². The zero-order valence-electron chi connectivity index (χ0n) is 9.09. The highest BCUT2D eigenvalue weighted by Gasteiger charge is 2.22. The Hall–Kier alpha value is -0.830. The number of benzene rings is 1. The van der Waals surface area contributed by atoms with E-state index in [0.29, 0.717) is 6.54 Å². The Kier molecular flexibility index (Phi) is 4.33. The molecule has 0 spiro atoms. The van der Waals surface area contributed by atoms with Crippen molar-refractivity contribution in [3.8, 4) is 0 Å². The Morgan fingerprint density at radius 2 is 1.93 bits per heavy atom. The van der Waals surface area contributed by atoms with Crippen molar-refractivity contribution < 1.29 is 4.79 Å². The standard InChI is InChI=1S/C12H16BrNO/c1-12(2,13)11(15)14-9-8-10-6-4-3-5-7-10/h3-7H,8-9H2,1-2H3,(H,14,15). The lowest BCUT2D eigenvalue weighted by atomic mass is 10.1. The highest BCUT2D eigenvalue weighted by atomic mass is 79.9. The van der Waals surface area contributed by atoms with Crippen molar-refractivity contribution in [2.45, 2.75) is 24.6 Å². The number of halogens is 1. The minimum atomic E-state index is -0.482. The third-order valence-corrected chi connectivity index (χ3v) is 2.44. The van der Waals surface area contributed by atoms with E-state index < -0.39 is 4.32 Å². The molecule has 3 heteroatoms. The fourth-order valence-corrected chi connectivity index (χ4v) is 1.32. The summed E-state index contributed by atoms with van der Waals surface area (Å²) in [5.41, 5.74) is 1.24. The summed E-state index contributed by atoms with van der Waals surface area (Å²) in [6.07, 6.45) is 0.871. The predicted octanol–water partition coefficient (Wildman–Crippen LogP) is 2.52. The average Bonchev–Trinajstić information content (AvgIpc) is 2.18. The van der Waals surface area contributed by atoms with Crippen LogP contribution in [0.1, 0.15) is 19.4 Å². The molecule has 0 aliphatic rings. The number of amides is 1. The fourth-order valence-electron chi connectivity index (χ4n) is 1.18. The normalized spacial score (nSPS) is 11.1. The average molecular weight is 270 g/mol. The summed E-state index contributed by atoms with van der Waals surface area (Å²) < 4.78 is -0.482. The highest BCUT2D eigenvalue weighted by Crippen LogP contribution is 2.15. The van der Waals surface area contributed by atoms with E-state index in [-0.39, 0.29) is 5.91 Å². The molecule has 2 nitrogen and oxygen atoms in total. The van der Waals surface area contributed by atoms with Crippen LogP contribution in [0, 0.1) is 0 Å². The number of nitrogens with one attached hydrogen (secondary N) is 1. The lowest BCUT2D eigenvalue weighted by Gasteiger charge is -2.15. The zero-order chi connectivity index (χ0) is 11.3. The van der Waals surface area contributed by atoms with E-state index in [1.54, 1.807) is 0 Å². The first kappa shape index (κ1) is 12.2. The van der Waals surface area contributed by atoms with Gasteiger partial charge >= 0.3 is 0 Å². The molecule has 0 saturated carbocycles. The third-order valence-electron chi connectivity index (χ3n) is 2.08. The Bertz CT molecular complexity index is 316. The molecule has 82 valence electrons. The topological polar surface area (TPSA) is 29.1 Å². The van der Waals surface area contributed by atoms with Gasteiger partial charge in [-0.25, -0.2) is 0 Å². The van der Waals surface area contributed by atoms with Gasteiger partial charge < -0.3 is 5.32 Å². The van der Waals surface area contributed by atoms with Crippen LogP contribution in [0.3, 0.4) is 0 Å².